The van der Waals surface area contributed by atoms with Gasteiger partial charge < -0.3 is 14.8 Å². The first-order valence-corrected chi connectivity index (χ1v) is 4.62. The second-order valence-corrected chi connectivity index (χ2v) is 2.80. The predicted octanol–water partition coefficient (Wildman–Crippen LogP) is 1.04. The topological polar surface area (TPSA) is 30.5 Å². The smallest absolute Gasteiger partial charge is 0.0667 e. The van der Waals surface area contributed by atoms with Crippen LogP contribution in [0.5, 0.6) is 0 Å². The highest BCUT2D eigenvalue weighted by atomic mass is 16.5. The van der Waals surface area contributed by atoms with Crippen molar-refractivity contribution < 1.29 is 9.47 Å². The molecule has 3 heteroatoms. The van der Waals surface area contributed by atoms with E-state index in [4.69, 9.17) is 9.47 Å². The van der Waals surface area contributed by atoms with Gasteiger partial charge in [0.05, 0.1) is 6.10 Å². The van der Waals surface area contributed by atoms with Crippen molar-refractivity contribution in [2.45, 2.75) is 26.4 Å². The maximum Gasteiger partial charge on any atom is 0.0667 e. The monoisotopic (exact) mass is 175 g/mol. The van der Waals surface area contributed by atoms with Crippen LogP contribution in [0.15, 0.2) is 0 Å². The largest absolute Gasteiger partial charge is 0.382 e. The molecule has 0 heterocycles. The Morgan fingerprint density at radius 2 is 2.17 bits per heavy atom. The van der Waals surface area contributed by atoms with Crippen molar-refractivity contribution in [3.8, 4) is 0 Å². The standard InChI is InChI=1S/C9H21NO2/c1-4-12-7-5-6-10-8-9(2)11-3/h9-10H,4-8H2,1-3H3. The Morgan fingerprint density at radius 3 is 2.75 bits per heavy atom. The van der Waals surface area contributed by atoms with Crippen LogP contribution in [0.1, 0.15) is 20.3 Å². The zero-order valence-corrected chi connectivity index (χ0v) is 8.43. The van der Waals surface area contributed by atoms with Crippen molar-refractivity contribution in [3.63, 3.8) is 0 Å². The summed E-state index contributed by atoms with van der Waals surface area (Å²) in [6, 6.07) is 0. The van der Waals surface area contributed by atoms with Crippen LogP contribution in [-0.2, 0) is 9.47 Å². The first-order valence-electron chi connectivity index (χ1n) is 4.62. The maximum absolute atomic E-state index is 5.20. The number of hydrogen-bond acceptors (Lipinski definition) is 3. The average Bonchev–Trinajstić information content (AvgIpc) is 2.10. The van der Waals surface area contributed by atoms with E-state index in [0.717, 1.165) is 32.7 Å². The van der Waals surface area contributed by atoms with Gasteiger partial charge in [0.25, 0.3) is 0 Å². The lowest BCUT2D eigenvalue weighted by atomic mass is 10.4. The molecule has 12 heavy (non-hydrogen) atoms. The summed E-state index contributed by atoms with van der Waals surface area (Å²) < 4.78 is 10.3. The van der Waals surface area contributed by atoms with E-state index < -0.39 is 0 Å². The fourth-order valence-electron chi connectivity index (χ4n) is 0.832. The third kappa shape index (κ3) is 7.98. The molecule has 0 rings (SSSR count). The zero-order valence-electron chi connectivity index (χ0n) is 8.43. The third-order valence-electron chi connectivity index (χ3n) is 1.68. The Morgan fingerprint density at radius 1 is 1.42 bits per heavy atom. The van der Waals surface area contributed by atoms with Crippen LogP contribution in [0, 0.1) is 0 Å². The predicted molar refractivity (Wildman–Crippen MR) is 50.5 cm³/mol. The molecule has 0 aromatic rings. The van der Waals surface area contributed by atoms with Gasteiger partial charge in [0.2, 0.25) is 0 Å². The molecule has 0 aromatic carbocycles. The molecule has 0 aromatic heterocycles. The van der Waals surface area contributed by atoms with Crippen LogP contribution in [0.4, 0.5) is 0 Å². The molecule has 0 aliphatic heterocycles. The first-order chi connectivity index (χ1) is 5.81. The van der Waals surface area contributed by atoms with Crippen molar-refractivity contribution in [1.82, 2.24) is 5.32 Å². The highest BCUT2D eigenvalue weighted by molar-refractivity contribution is 4.53. The molecule has 74 valence electrons. The number of rotatable bonds is 8. The van der Waals surface area contributed by atoms with E-state index in [9.17, 15) is 0 Å². The summed E-state index contributed by atoms with van der Waals surface area (Å²) in [5.41, 5.74) is 0. The lowest BCUT2D eigenvalue weighted by molar-refractivity contribution is 0.114. The number of nitrogens with one attached hydrogen (secondary N) is 1. The van der Waals surface area contributed by atoms with Crippen LogP contribution in [0.3, 0.4) is 0 Å². The molecule has 0 saturated carbocycles. The van der Waals surface area contributed by atoms with E-state index in [-0.39, 0.29) is 0 Å². The summed E-state index contributed by atoms with van der Waals surface area (Å²) in [6.07, 6.45) is 1.38. The summed E-state index contributed by atoms with van der Waals surface area (Å²) in [7, 11) is 1.73. The average molecular weight is 175 g/mol. The first kappa shape index (κ1) is 11.9. The van der Waals surface area contributed by atoms with E-state index in [1.807, 2.05) is 6.92 Å². The number of hydrogen-bond donors (Lipinski definition) is 1. The molecule has 0 fully saturated rings. The van der Waals surface area contributed by atoms with E-state index in [2.05, 4.69) is 12.2 Å². The number of methoxy groups -OCH3 is 1. The Kier molecular flexibility index (Phi) is 8.88. The Bertz CT molecular complexity index is 88.6. The Labute approximate surface area is 75.4 Å². The molecule has 0 spiro atoms. The summed E-state index contributed by atoms with van der Waals surface area (Å²) in [5.74, 6) is 0. The van der Waals surface area contributed by atoms with Gasteiger partial charge in [-0.05, 0) is 26.8 Å². The van der Waals surface area contributed by atoms with E-state index in [1.54, 1.807) is 7.11 Å². The zero-order chi connectivity index (χ0) is 9.23. The van der Waals surface area contributed by atoms with Crippen LogP contribution < -0.4 is 5.32 Å². The van der Waals surface area contributed by atoms with Crippen LogP contribution in [-0.4, -0.2) is 39.5 Å². The van der Waals surface area contributed by atoms with E-state index in [1.165, 1.54) is 0 Å². The van der Waals surface area contributed by atoms with Crippen molar-refractivity contribution in [2.24, 2.45) is 0 Å². The minimum absolute atomic E-state index is 0.303. The van der Waals surface area contributed by atoms with Crippen molar-refractivity contribution in [3.05, 3.63) is 0 Å². The van der Waals surface area contributed by atoms with Gasteiger partial charge in [-0.15, -0.1) is 0 Å². The fourth-order valence-corrected chi connectivity index (χ4v) is 0.832. The molecule has 0 bridgehead atoms. The molecule has 0 aliphatic rings. The molecular formula is C9H21NO2. The van der Waals surface area contributed by atoms with Gasteiger partial charge in [-0.25, -0.2) is 0 Å². The third-order valence-corrected chi connectivity index (χ3v) is 1.68. The lowest BCUT2D eigenvalue weighted by Crippen LogP contribution is -2.27. The SMILES string of the molecule is CCOCCCNCC(C)OC. The fraction of sp³-hybridized carbons (Fsp3) is 1.00. The van der Waals surface area contributed by atoms with E-state index in [0.29, 0.717) is 6.10 Å². The van der Waals surface area contributed by atoms with Gasteiger partial charge in [0, 0.05) is 26.9 Å². The quantitative estimate of drug-likeness (QED) is 0.559. The minimum atomic E-state index is 0.303. The maximum atomic E-state index is 5.20. The van der Waals surface area contributed by atoms with Crippen LogP contribution in [0.2, 0.25) is 0 Å². The van der Waals surface area contributed by atoms with Gasteiger partial charge in [0.15, 0.2) is 0 Å². The summed E-state index contributed by atoms with van der Waals surface area (Å²) >= 11 is 0. The molecule has 1 N–H and O–H groups in total. The van der Waals surface area contributed by atoms with Gasteiger partial charge in [-0.3, -0.25) is 0 Å². The summed E-state index contributed by atoms with van der Waals surface area (Å²) in [5, 5.41) is 3.29. The molecule has 0 aliphatic carbocycles. The van der Waals surface area contributed by atoms with E-state index >= 15 is 0 Å². The van der Waals surface area contributed by atoms with Gasteiger partial charge in [-0.1, -0.05) is 0 Å². The van der Waals surface area contributed by atoms with Crippen molar-refractivity contribution in [1.29, 1.82) is 0 Å². The number of ether oxygens (including phenoxy) is 2. The second-order valence-electron chi connectivity index (χ2n) is 2.80. The minimum Gasteiger partial charge on any atom is -0.382 e. The molecule has 1 atom stereocenters. The van der Waals surface area contributed by atoms with Gasteiger partial charge in [0.1, 0.15) is 0 Å². The normalized spacial score (nSPS) is 13.2. The van der Waals surface area contributed by atoms with Crippen molar-refractivity contribution >= 4 is 0 Å². The summed E-state index contributed by atoms with van der Waals surface area (Å²) in [6.45, 7) is 7.66. The molecule has 1 unspecified atom stereocenters. The van der Waals surface area contributed by atoms with Crippen LogP contribution in [0.25, 0.3) is 0 Å². The highest BCUT2D eigenvalue weighted by Crippen LogP contribution is 1.84. The highest BCUT2D eigenvalue weighted by Gasteiger charge is 1.96. The summed E-state index contributed by atoms with van der Waals surface area (Å²) in [4.78, 5) is 0. The molecule has 0 amide bonds. The molecule has 0 saturated heterocycles. The van der Waals surface area contributed by atoms with Crippen LogP contribution >= 0.6 is 0 Å². The molecule has 3 nitrogen and oxygen atoms in total. The van der Waals surface area contributed by atoms with Gasteiger partial charge >= 0.3 is 0 Å². The lowest BCUT2D eigenvalue weighted by Gasteiger charge is -2.10. The second kappa shape index (κ2) is 8.97. The van der Waals surface area contributed by atoms with Crippen molar-refractivity contribution in [2.75, 3.05) is 33.4 Å². The Hall–Kier alpha value is -0.120. The Balaban J connectivity index is 2.90. The molecule has 0 radical (unpaired) electrons. The molecular weight excluding hydrogens is 154 g/mol. The van der Waals surface area contributed by atoms with Gasteiger partial charge in [-0.2, -0.15) is 0 Å².